The van der Waals surface area contributed by atoms with Gasteiger partial charge >= 0.3 is 6.03 Å². The summed E-state index contributed by atoms with van der Waals surface area (Å²) in [5, 5.41) is 0. The second kappa shape index (κ2) is 7.55. The van der Waals surface area contributed by atoms with Crippen molar-refractivity contribution < 1.29 is 14.4 Å². The molecule has 0 atom stereocenters. The summed E-state index contributed by atoms with van der Waals surface area (Å²) in [4.78, 5) is 42.5. The van der Waals surface area contributed by atoms with Gasteiger partial charge in [0.2, 0.25) is 5.91 Å². The van der Waals surface area contributed by atoms with E-state index in [-0.39, 0.29) is 23.9 Å². The topological polar surface area (TPSA) is 87.0 Å². The lowest BCUT2D eigenvalue weighted by molar-refractivity contribution is -0.138. The molecule has 4 amide bonds. The van der Waals surface area contributed by atoms with Crippen LogP contribution in [0.15, 0.2) is 0 Å². The molecule has 0 bridgehead atoms. The zero-order valence-electron chi connectivity index (χ0n) is 16.9. The zero-order valence-corrected chi connectivity index (χ0v) is 16.9. The average molecular weight is 367 g/mol. The fourth-order valence-corrected chi connectivity index (χ4v) is 4.01. The first kappa shape index (κ1) is 20.7. The highest BCUT2D eigenvalue weighted by atomic mass is 16.2. The Hall–Kier alpha value is -1.63. The standard InChI is InChI=1S/C19H34N4O3/c1-14(2)6-9-23-17(26)22(12-15(20)24)16(25)19(23)7-10-21(11-8-19)13-18(3,4)5/h14H,6-13H2,1-5H3,(H2,20,24). The first-order valence-electron chi connectivity index (χ1n) is 9.60. The smallest absolute Gasteiger partial charge is 0.328 e. The normalized spacial score (nSPS) is 21.3. The minimum Gasteiger partial charge on any atom is -0.368 e. The fourth-order valence-electron chi connectivity index (χ4n) is 4.01. The van der Waals surface area contributed by atoms with Gasteiger partial charge in [-0.1, -0.05) is 34.6 Å². The predicted molar refractivity (Wildman–Crippen MR) is 100 cm³/mol. The van der Waals surface area contributed by atoms with Crippen molar-refractivity contribution in [2.24, 2.45) is 17.1 Å². The van der Waals surface area contributed by atoms with E-state index < -0.39 is 11.4 Å². The summed E-state index contributed by atoms with van der Waals surface area (Å²) in [6.45, 7) is 13.5. The molecule has 2 aliphatic heterocycles. The largest absolute Gasteiger partial charge is 0.368 e. The van der Waals surface area contributed by atoms with Gasteiger partial charge in [0.25, 0.3) is 5.91 Å². The van der Waals surface area contributed by atoms with Crippen LogP contribution in [0, 0.1) is 11.3 Å². The number of nitrogens with zero attached hydrogens (tertiary/aromatic N) is 3. The van der Waals surface area contributed by atoms with Crippen molar-refractivity contribution in [1.82, 2.24) is 14.7 Å². The van der Waals surface area contributed by atoms with Crippen LogP contribution in [0.3, 0.4) is 0 Å². The molecule has 0 aromatic rings. The number of imide groups is 1. The van der Waals surface area contributed by atoms with Gasteiger partial charge in [0.1, 0.15) is 12.1 Å². The third kappa shape index (κ3) is 4.37. The molecule has 2 heterocycles. The lowest BCUT2D eigenvalue weighted by atomic mass is 9.84. The number of primary amides is 1. The van der Waals surface area contributed by atoms with Gasteiger partial charge in [-0.2, -0.15) is 0 Å². The van der Waals surface area contributed by atoms with Crippen LogP contribution >= 0.6 is 0 Å². The van der Waals surface area contributed by atoms with Crippen molar-refractivity contribution in [2.75, 3.05) is 32.7 Å². The minimum atomic E-state index is -0.810. The Bertz CT molecular complexity index is 560. The van der Waals surface area contributed by atoms with E-state index in [0.29, 0.717) is 25.3 Å². The van der Waals surface area contributed by atoms with E-state index in [1.54, 1.807) is 4.90 Å². The third-order valence-electron chi connectivity index (χ3n) is 5.25. The molecule has 0 aromatic heterocycles. The number of hydrogen-bond acceptors (Lipinski definition) is 4. The molecule has 2 fully saturated rings. The van der Waals surface area contributed by atoms with E-state index in [0.717, 1.165) is 31.0 Å². The maximum absolute atomic E-state index is 13.1. The molecule has 2 N–H and O–H groups in total. The second-order valence-electron chi connectivity index (χ2n) is 9.34. The number of piperidine rings is 1. The Labute approximate surface area is 156 Å². The molecule has 2 rings (SSSR count). The van der Waals surface area contributed by atoms with Gasteiger partial charge in [0, 0.05) is 26.2 Å². The number of carbonyl (C=O) groups excluding carboxylic acids is 3. The van der Waals surface area contributed by atoms with Crippen molar-refractivity contribution in [3.05, 3.63) is 0 Å². The molecule has 0 saturated carbocycles. The highest BCUT2D eigenvalue weighted by Crippen LogP contribution is 2.38. The number of rotatable bonds is 6. The van der Waals surface area contributed by atoms with E-state index in [1.165, 1.54) is 0 Å². The second-order valence-corrected chi connectivity index (χ2v) is 9.34. The SMILES string of the molecule is CC(C)CCN1C(=O)N(CC(N)=O)C(=O)C12CCN(CC(C)(C)C)CC2. The van der Waals surface area contributed by atoms with E-state index in [2.05, 4.69) is 39.5 Å². The van der Waals surface area contributed by atoms with Crippen LogP contribution in [0.25, 0.3) is 0 Å². The Morgan fingerprint density at radius 1 is 1.19 bits per heavy atom. The highest BCUT2D eigenvalue weighted by molar-refractivity contribution is 6.09. The van der Waals surface area contributed by atoms with Gasteiger partial charge in [-0.3, -0.25) is 14.5 Å². The molecule has 0 aliphatic carbocycles. The van der Waals surface area contributed by atoms with Crippen LogP contribution in [0.2, 0.25) is 0 Å². The van der Waals surface area contributed by atoms with Crippen LogP contribution in [-0.2, 0) is 9.59 Å². The summed E-state index contributed by atoms with van der Waals surface area (Å²) in [6, 6.07) is -0.362. The predicted octanol–water partition coefficient (Wildman–Crippen LogP) is 1.66. The molecule has 1 spiro atoms. The summed E-state index contributed by atoms with van der Waals surface area (Å²) in [5.41, 5.74) is 4.64. The molecule has 0 aromatic carbocycles. The van der Waals surface area contributed by atoms with Crippen molar-refractivity contribution in [2.45, 2.75) is 59.4 Å². The number of carbonyl (C=O) groups is 3. The minimum absolute atomic E-state index is 0.190. The quantitative estimate of drug-likeness (QED) is 0.724. The lowest BCUT2D eigenvalue weighted by Gasteiger charge is -2.43. The van der Waals surface area contributed by atoms with Crippen LogP contribution in [0.4, 0.5) is 4.79 Å². The fraction of sp³-hybridized carbons (Fsp3) is 0.842. The van der Waals surface area contributed by atoms with Gasteiger partial charge in [-0.25, -0.2) is 4.79 Å². The van der Waals surface area contributed by atoms with Crippen molar-refractivity contribution in [3.63, 3.8) is 0 Å². The van der Waals surface area contributed by atoms with Crippen LogP contribution < -0.4 is 5.73 Å². The van der Waals surface area contributed by atoms with Crippen LogP contribution in [-0.4, -0.2) is 70.8 Å². The summed E-state index contributed by atoms with van der Waals surface area (Å²) in [6.07, 6.45) is 2.05. The highest BCUT2D eigenvalue weighted by Gasteiger charge is 2.57. The molecule has 7 heteroatoms. The monoisotopic (exact) mass is 366 g/mol. The number of hydrogen-bond donors (Lipinski definition) is 1. The van der Waals surface area contributed by atoms with Gasteiger partial charge in [0.15, 0.2) is 0 Å². The number of nitrogens with two attached hydrogens (primary N) is 1. The number of urea groups is 1. The summed E-state index contributed by atoms with van der Waals surface area (Å²) in [5.74, 6) is -0.473. The molecule has 2 aliphatic rings. The number of amides is 4. The average Bonchev–Trinajstić information content (AvgIpc) is 2.68. The van der Waals surface area contributed by atoms with Crippen molar-refractivity contribution >= 4 is 17.8 Å². The molecular weight excluding hydrogens is 332 g/mol. The molecule has 0 radical (unpaired) electrons. The first-order chi connectivity index (χ1) is 12.0. The Kier molecular flexibility index (Phi) is 6.00. The van der Waals surface area contributed by atoms with Crippen molar-refractivity contribution in [3.8, 4) is 0 Å². The zero-order chi connectivity index (χ0) is 19.7. The van der Waals surface area contributed by atoms with Gasteiger partial charge in [-0.05, 0) is 30.6 Å². The third-order valence-corrected chi connectivity index (χ3v) is 5.25. The van der Waals surface area contributed by atoms with E-state index in [1.807, 2.05) is 0 Å². The summed E-state index contributed by atoms with van der Waals surface area (Å²) in [7, 11) is 0. The van der Waals surface area contributed by atoms with E-state index >= 15 is 0 Å². The Balaban J connectivity index is 2.20. The van der Waals surface area contributed by atoms with E-state index in [9.17, 15) is 14.4 Å². The molecule has 0 unspecified atom stereocenters. The van der Waals surface area contributed by atoms with Gasteiger partial charge < -0.3 is 15.5 Å². The van der Waals surface area contributed by atoms with Gasteiger partial charge in [-0.15, -0.1) is 0 Å². The molecule has 7 nitrogen and oxygen atoms in total. The molecule has 148 valence electrons. The molecular formula is C19H34N4O3. The lowest BCUT2D eigenvalue weighted by Crippen LogP contribution is -2.57. The first-order valence-corrected chi connectivity index (χ1v) is 9.60. The summed E-state index contributed by atoms with van der Waals surface area (Å²) >= 11 is 0. The molecule has 2 saturated heterocycles. The maximum Gasteiger partial charge on any atom is 0.328 e. The number of likely N-dealkylation sites (tertiary alicyclic amines) is 1. The Morgan fingerprint density at radius 3 is 2.23 bits per heavy atom. The van der Waals surface area contributed by atoms with E-state index in [4.69, 9.17) is 5.73 Å². The van der Waals surface area contributed by atoms with Crippen molar-refractivity contribution in [1.29, 1.82) is 0 Å². The van der Waals surface area contributed by atoms with Crippen LogP contribution in [0.1, 0.15) is 53.9 Å². The maximum atomic E-state index is 13.1. The van der Waals surface area contributed by atoms with Gasteiger partial charge in [0.05, 0.1) is 0 Å². The molecule has 26 heavy (non-hydrogen) atoms. The summed E-state index contributed by atoms with van der Waals surface area (Å²) < 4.78 is 0. The Morgan fingerprint density at radius 2 is 1.77 bits per heavy atom. The van der Waals surface area contributed by atoms with Crippen LogP contribution in [0.5, 0.6) is 0 Å².